The van der Waals surface area contributed by atoms with Crippen molar-refractivity contribution in [3.63, 3.8) is 0 Å². The van der Waals surface area contributed by atoms with Gasteiger partial charge in [-0.2, -0.15) is 0 Å². The summed E-state index contributed by atoms with van der Waals surface area (Å²) in [6, 6.07) is 32.7. The molecule has 5 heteroatoms. The highest BCUT2D eigenvalue weighted by molar-refractivity contribution is 5.87. The molecule has 0 atom stereocenters. The Morgan fingerprint density at radius 3 is 2.23 bits per heavy atom. The number of anilines is 1. The van der Waals surface area contributed by atoms with Crippen LogP contribution in [0.25, 0.3) is 44.6 Å². The molecule has 0 bridgehead atoms. The van der Waals surface area contributed by atoms with E-state index in [9.17, 15) is 0 Å². The maximum absolute atomic E-state index is 4.79. The molecule has 5 nitrogen and oxygen atoms in total. The number of fused-ring (bicyclic) bond motifs is 2. The van der Waals surface area contributed by atoms with E-state index in [1.165, 1.54) is 0 Å². The Labute approximate surface area is 179 Å². The van der Waals surface area contributed by atoms with Crippen molar-refractivity contribution < 1.29 is 0 Å². The monoisotopic (exact) mass is 400 g/mol. The minimum Gasteiger partial charge on any atom is -0.338 e. The summed E-state index contributed by atoms with van der Waals surface area (Å²) >= 11 is 0. The number of nitrogens with zero attached hydrogens (tertiary/aromatic N) is 3. The van der Waals surface area contributed by atoms with E-state index in [2.05, 4.69) is 70.3 Å². The standard InChI is InChI=1S/C26H18N5/c1-3-7-18(8-4-1)26-28-22-13-11-19(15-23(22)29-26)20-12-14-25-24(16-20)27-17-31(25)30-21-9-5-2-6-10-21/h1-16,30H,(H,28,29). The van der Waals surface area contributed by atoms with Crippen LogP contribution in [0.4, 0.5) is 5.69 Å². The summed E-state index contributed by atoms with van der Waals surface area (Å²) in [5.74, 6) is 0.878. The number of imidazole rings is 2. The molecule has 6 rings (SSSR count). The predicted molar refractivity (Wildman–Crippen MR) is 125 cm³/mol. The van der Waals surface area contributed by atoms with Crippen molar-refractivity contribution in [3.05, 3.63) is 103 Å². The molecular formula is C26H18N5. The van der Waals surface area contributed by atoms with Crippen molar-refractivity contribution in [2.24, 2.45) is 0 Å². The quantitative estimate of drug-likeness (QED) is 0.386. The molecule has 0 aliphatic rings. The van der Waals surface area contributed by atoms with Gasteiger partial charge in [0.2, 0.25) is 0 Å². The molecule has 0 spiro atoms. The van der Waals surface area contributed by atoms with Crippen LogP contribution in [0.1, 0.15) is 0 Å². The third-order valence-corrected chi connectivity index (χ3v) is 5.37. The molecule has 0 fully saturated rings. The van der Waals surface area contributed by atoms with E-state index in [0.29, 0.717) is 0 Å². The van der Waals surface area contributed by atoms with Gasteiger partial charge >= 0.3 is 0 Å². The highest BCUT2D eigenvalue weighted by Crippen LogP contribution is 2.28. The fourth-order valence-electron chi connectivity index (χ4n) is 3.78. The van der Waals surface area contributed by atoms with Gasteiger partial charge in [0.25, 0.3) is 0 Å². The number of nitrogens with one attached hydrogen (secondary N) is 2. The molecule has 1 radical (unpaired) electrons. The fourth-order valence-corrected chi connectivity index (χ4v) is 3.78. The minimum absolute atomic E-state index is 0.878. The summed E-state index contributed by atoms with van der Waals surface area (Å²) in [6.07, 6.45) is 3.03. The summed E-state index contributed by atoms with van der Waals surface area (Å²) in [7, 11) is 0. The van der Waals surface area contributed by atoms with E-state index < -0.39 is 0 Å². The smallest absolute Gasteiger partial charge is 0.198 e. The van der Waals surface area contributed by atoms with Crippen LogP contribution < -0.4 is 5.43 Å². The third kappa shape index (κ3) is 3.22. The molecule has 0 amide bonds. The normalized spacial score (nSPS) is 11.2. The van der Waals surface area contributed by atoms with Crippen LogP contribution in [0, 0.1) is 6.33 Å². The van der Waals surface area contributed by atoms with Crippen molar-refractivity contribution in [1.82, 2.24) is 19.6 Å². The highest BCUT2D eigenvalue weighted by Gasteiger charge is 2.09. The van der Waals surface area contributed by atoms with Gasteiger partial charge in [0, 0.05) is 5.56 Å². The third-order valence-electron chi connectivity index (χ3n) is 5.37. The van der Waals surface area contributed by atoms with Gasteiger partial charge in [0.05, 0.1) is 27.8 Å². The second-order valence-electron chi connectivity index (χ2n) is 7.41. The number of hydrogen-bond donors (Lipinski definition) is 2. The molecule has 0 saturated carbocycles. The van der Waals surface area contributed by atoms with Crippen LogP contribution in [0.15, 0.2) is 97.1 Å². The Morgan fingerprint density at radius 2 is 1.42 bits per heavy atom. The molecule has 2 heterocycles. The lowest BCUT2D eigenvalue weighted by atomic mass is 10.0. The second-order valence-corrected chi connectivity index (χ2v) is 7.41. The molecule has 147 valence electrons. The Morgan fingerprint density at radius 1 is 0.710 bits per heavy atom. The molecule has 0 unspecified atom stereocenters. The minimum atomic E-state index is 0.878. The first-order chi connectivity index (χ1) is 15.3. The van der Waals surface area contributed by atoms with Crippen molar-refractivity contribution in [2.45, 2.75) is 0 Å². The number of rotatable bonds is 4. The molecule has 4 aromatic carbocycles. The van der Waals surface area contributed by atoms with Crippen LogP contribution in [-0.2, 0) is 0 Å². The van der Waals surface area contributed by atoms with Gasteiger partial charge in [-0.15, -0.1) is 0 Å². The van der Waals surface area contributed by atoms with Crippen molar-refractivity contribution in [2.75, 3.05) is 5.43 Å². The van der Waals surface area contributed by atoms with E-state index in [-0.39, 0.29) is 0 Å². The van der Waals surface area contributed by atoms with E-state index >= 15 is 0 Å². The fraction of sp³-hybridized carbons (Fsp3) is 0. The van der Waals surface area contributed by atoms with Gasteiger partial charge < -0.3 is 4.98 Å². The first kappa shape index (κ1) is 17.5. The van der Waals surface area contributed by atoms with E-state index in [4.69, 9.17) is 4.98 Å². The Kier molecular flexibility index (Phi) is 4.03. The lowest BCUT2D eigenvalue weighted by Gasteiger charge is -2.08. The number of H-pyrrole nitrogens is 1. The lowest BCUT2D eigenvalue weighted by Crippen LogP contribution is -2.07. The molecule has 31 heavy (non-hydrogen) atoms. The van der Waals surface area contributed by atoms with Crippen molar-refractivity contribution in [1.29, 1.82) is 0 Å². The van der Waals surface area contributed by atoms with Crippen molar-refractivity contribution in [3.8, 4) is 22.5 Å². The Balaban J connectivity index is 1.35. The summed E-state index contributed by atoms with van der Waals surface area (Å²) in [6.45, 7) is 0. The predicted octanol–water partition coefficient (Wildman–Crippen LogP) is 5.92. The SMILES string of the molecule is [c]1nc2cc(-c3ccc4[nH]c(-c5ccccc5)nc4c3)ccc2n1Nc1ccccc1. The van der Waals surface area contributed by atoms with Crippen molar-refractivity contribution >= 4 is 27.8 Å². The lowest BCUT2D eigenvalue weighted by molar-refractivity contribution is 0.976. The van der Waals surface area contributed by atoms with Crippen LogP contribution in [-0.4, -0.2) is 19.6 Å². The summed E-state index contributed by atoms with van der Waals surface area (Å²) < 4.78 is 1.82. The number of benzene rings is 4. The Bertz CT molecular complexity index is 1500. The first-order valence-electron chi connectivity index (χ1n) is 10.1. The number of hydrogen-bond acceptors (Lipinski definition) is 3. The summed E-state index contributed by atoms with van der Waals surface area (Å²) in [4.78, 5) is 12.7. The van der Waals surface area contributed by atoms with Gasteiger partial charge in [-0.05, 0) is 47.5 Å². The zero-order valence-corrected chi connectivity index (χ0v) is 16.6. The molecule has 2 aromatic heterocycles. The summed E-state index contributed by atoms with van der Waals surface area (Å²) in [5.41, 5.74) is 11.4. The molecule has 6 aromatic rings. The molecular weight excluding hydrogens is 382 g/mol. The largest absolute Gasteiger partial charge is 0.338 e. The maximum Gasteiger partial charge on any atom is 0.198 e. The van der Waals surface area contributed by atoms with Gasteiger partial charge in [0.1, 0.15) is 5.82 Å². The van der Waals surface area contributed by atoms with Gasteiger partial charge in [0.15, 0.2) is 6.33 Å². The number of aromatic nitrogens is 4. The molecule has 0 aliphatic carbocycles. The zero-order chi connectivity index (χ0) is 20.6. The molecule has 0 aliphatic heterocycles. The second kappa shape index (κ2) is 7.15. The number of aromatic amines is 1. The first-order valence-corrected chi connectivity index (χ1v) is 10.1. The maximum atomic E-state index is 4.79. The zero-order valence-electron chi connectivity index (χ0n) is 16.6. The van der Waals surface area contributed by atoms with Crippen LogP contribution in [0.2, 0.25) is 0 Å². The highest BCUT2D eigenvalue weighted by atomic mass is 15.4. The van der Waals surface area contributed by atoms with Crippen LogP contribution in [0.3, 0.4) is 0 Å². The van der Waals surface area contributed by atoms with Gasteiger partial charge in [-0.1, -0.05) is 60.7 Å². The topological polar surface area (TPSA) is 58.5 Å². The van der Waals surface area contributed by atoms with E-state index in [1.54, 1.807) is 0 Å². The van der Waals surface area contributed by atoms with Crippen LogP contribution >= 0.6 is 0 Å². The Hall–Kier alpha value is -4.38. The van der Waals surface area contributed by atoms with E-state index in [1.807, 2.05) is 53.2 Å². The molecule has 0 saturated heterocycles. The number of para-hydroxylation sites is 1. The van der Waals surface area contributed by atoms with Gasteiger partial charge in [-0.25, -0.2) is 14.6 Å². The average molecular weight is 400 g/mol. The molecule has 2 N–H and O–H groups in total. The van der Waals surface area contributed by atoms with Gasteiger partial charge in [-0.3, -0.25) is 5.43 Å². The summed E-state index contributed by atoms with van der Waals surface area (Å²) in [5, 5.41) is 0. The van der Waals surface area contributed by atoms with Crippen LogP contribution in [0.5, 0.6) is 0 Å². The van der Waals surface area contributed by atoms with E-state index in [0.717, 1.165) is 50.3 Å². The average Bonchev–Trinajstić information content (AvgIpc) is 3.44.